The molecule has 3 heteroatoms. The summed E-state index contributed by atoms with van der Waals surface area (Å²) < 4.78 is 0. The van der Waals surface area contributed by atoms with E-state index in [2.05, 4.69) is 6.07 Å². The van der Waals surface area contributed by atoms with Gasteiger partial charge in [-0.2, -0.15) is 5.26 Å². The second-order valence-corrected chi connectivity index (χ2v) is 4.72. The second-order valence-electron chi connectivity index (χ2n) is 4.72. The molecule has 0 aliphatic carbocycles. The molecule has 2 rings (SSSR count). The van der Waals surface area contributed by atoms with Gasteiger partial charge in [-0.15, -0.1) is 0 Å². The molecule has 2 aromatic rings. The predicted molar refractivity (Wildman–Crippen MR) is 86.2 cm³/mol. The standard InChI is InChI=1S/C19H15NO2/c20-14-16-8-12-18(13-9-16)17-10-6-15(7-11-17)4-2-1-3-5-19(21)22/h1-3,5-13H,4H2,(H,21,22). The summed E-state index contributed by atoms with van der Waals surface area (Å²) >= 11 is 0. The average molecular weight is 289 g/mol. The number of hydrogen-bond donors (Lipinski definition) is 1. The highest BCUT2D eigenvalue weighted by molar-refractivity contribution is 5.80. The molecule has 0 unspecified atom stereocenters. The van der Waals surface area contributed by atoms with Crippen molar-refractivity contribution in [3.05, 3.63) is 84.0 Å². The van der Waals surface area contributed by atoms with Crippen LogP contribution in [-0.2, 0) is 11.2 Å². The minimum absolute atomic E-state index is 0.653. The lowest BCUT2D eigenvalue weighted by atomic mass is 10.0. The topological polar surface area (TPSA) is 61.1 Å². The summed E-state index contributed by atoms with van der Waals surface area (Å²) in [6, 6.07) is 17.7. The van der Waals surface area contributed by atoms with Crippen LogP contribution >= 0.6 is 0 Å². The van der Waals surface area contributed by atoms with Gasteiger partial charge in [-0.05, 0) is 35.2 Å². The Morgan fingerprint density at radius 1 is 1.00 bits per heavy atom. The number of nitrogens with zero attached hydrogens (tertiary/aromatic N) is 1. The third kappa shape index (κ3) is 4.46. The Balaban J connectivity index is 2.00. The van der Waals surface area contributed by atoms with E-state index >= 15 is 0 Å². The lowest BCUT2D eigenvalue weighted by Crippen LogP contribution is -1.85. The fraction of sp³-hybridized carbons (Fsp3) is 0.0526. The molecule has 0 aliphatic rings. The van der Waals surface area contributed by atoms with Gasteiger partial charge in [0.15, 0.2) is 0 Å². The molecule has 0 amide bonds. The van der Waals surface area contributed by atoms with E-state index in [1.807, 2.05) is 42.5 Å². The summed E-state index contributed by atoms with van der Waals surface area (Å²) in [5.41, 5.74) is 3.98. The Hall–Kier alpha value is -3.12. The van der Waals surface area contributed by atoms with Gasteiger partial charge >= 0.3 is 5.97 Å². The van der Waals surface area contributed by atoms with E-state index in [0.29, 0.717) is 5.56 Å². The van der Waals surface area contributed by atoms with Crippen LogP contribution in [0.5, 0.6) is 0 Å². The fourth-order valence-electron chi connectivity index (χ4n) is 1.99. The Kier molecular flexibility index (Phi) is 5.28. The fourth-order valence-corrected chi connectivity index (χ4v) is 1.99. The summed E-state index contributed by atoms with van der Waals surface area (Å²) in [4.78, 5) is 10.3. The normalized spacial score (nSPS) is 10.9. The molecule has 0 saturated carbocycles. The molecule has 0 aliphatic heterocycles. The van der Waals surface area contributed by atoms with Crippen LogP contribution in [0.25, 0.3) is 11.1 Å². The maximum atomic E-state index is 10.3. The number of carboxylic acid groups (broad SMARTS) is 1. The molecule has 0 heterocycles. The Morgan fingerprint density at radius 3 is 2.14 bits per heavy atom. The van der Waals surface area contributed by atoms with Crippen molar-refractivity contribution >= 4 is 5.97 Å². The molecule has 0 bridgehead atoms. The molecule has 1 N–H and O–H groups in total. The zero-order valence-corrected chi connectivity index (χ0v) is 11.9. The van der Waals surface area contributed by atoms with E-state index in [4.69, 9.17) is 10.4 Å². The second kappa shape index (κ2) is 7.61. The largest absolute Gasteiger partial charge is 0.478 e. The molecule has 0 radical (unpaired) electrons. The van der Waals surface area contributed by atoms with Gasteiger partial charge in [0.1, 0.15) is 0 Å². The molecule has 2 aromatic carbocycles. The van der Waals surface area contributed by atoms with Crippen LogP contribution in [0, 0.1) is 11.3 Å². The number of hydrogen-bond acceptors (Lipinski definition) is 2. The smallest absolute Gasteiger partial charge is 0.328 e. The highest BCUT2D eigenvalue weighted by atomic mass is 16.4. The predicted octanol–water partition coefficient (Wildman–Crippen LogP) is 3.96. The third-order valence-electron chi connectivity index (χ3n) is 3.14. The van der Waals surface area contributed by atoms with Crippen molar-refractivity contribution in [2.24, 2.45) is 0 Å². The van der Waals surface area contributed by atoms with Gasteiger partial charge in [0.25, 0.3) is 0 Å². The van der Waals surface area contributed by atoms with Gasteiger partial charge < -0.3 is 5.11 Å². The molecule has 3 nitrogen and oxygen atoms in total. The van der Waals surface area contributed by atoms with E-state index in [-0.39, 0.29) is 0 Å². The van der Waals surface area contributed by atoms with E-state index in [1.54, 1.807) is 18.2 Å². The zero-order valence-electron chi connectivity index (χ0n) is 11.9. The van der Waals surface area contributed by atoms with Gasteiger partial charge in [-0.25, -0.2) is 4.79 Å². The lowest BCUT2D eigenvalue weighted by Gasteiger charge is -2.03. The van der Waals surface area contributed by atoms with Crippen molar-refractivity contribution < 1.29 is 9.90 Å². The monoisotopic (exact) mass is 289 g/mol. The molecular formula is C19H15NO2. The van der Waals surface area contributed by atoms with Crippen LogP contribution in [0.2, 0.25) is 0 Å². The average Bonchev–Trinajstić information content (AvgIpc) is 2.55. The SMILES string of the molecule is N#Cc1ccc(-c2ccc(CC=CC=CC(=O)O)cc2)cc1. The summed E-state index contributed by atoms with van der Waals surface area (Å²) in [7, 11) is 0. The van der Waals surface area contributed by atoms with Crippen molar-refractivity contribution in [3.63, 3.8) is 0 Å². The van der Waals surface area contributed by atoms with E-state index in [0.717, 1.165) is 29.2 Å². The first-order chi connectivity index (χ1) is 10.7. The highest BCUT2D eigenvalue weighted by Crippen LogP contribution is 2.20. The molecule has 0 aromatic heterocycles. The van der Waals surface area contributed by atoms with Crippen molar-refractivity contribution in [3.8, 4) is 17.2 Å². The highest BCUT2D eigenvalue weighted by Gasteiger charge is 1.98. The number of allylic oxidation sites excluding steroid dienone is 3. The van der Waals surface area contributed by atoms with Gasteiger partial charge in [0.05, 0.1) is 11.6 Å². The first-order valence-corrected chi connectivity index (χ1v) is 6.84. The zero-order chi connectivity index (χ0) is 15.8. The van der Waals surface area contributed by atoms with Crippen LogP contribution in [0.15, 0.2) is 72.8 Å². The molecule has 0 saturated heterocycles. The number of rotatable bonds is 5. The number of nitriles is 1. The summed E-state index contributed by atoms with van der Waals surface area (Å²) in [6.07, 6.45) is 6.99. The van der Waals surface area contributed by atoms with Gasteiger partial charge in [-0.1, -0.05) is 54.6 Å². The molecule has 22 heavy (non-hydrogen) atoms. The number of aliphatic carboxylic acids is 1. The molecule has 108 valence electrons. The maximum absolute atomic E-state index is 10.3. The van der Waals surface area contributed by atoms with Crippen molar-refractivity contribution in [2.45, 2.75) is 6.42 Å². The maximum Gasteiger partial charge on any atom is 0.328 e. The quantitative estimate of drug-likeness (QED) is 0.669. The number of carbonyl (C=O) groups is 1. The number of benzene rings is 2. The van der Waals surface area contributed by atoms with Crippen LogP contribution in [-0.4, -0.2) is 11.1 Å². The Morgan fingerprint density at radius 2 is 1.59 bits per heavy atom. The summed E-state index contributed by atoms with van der Waals surface area (Å²) in [5, 5.41) is 17.3. The van der Waals surface area contributed by atoms with Crippen molar-refractivity contribution in [1.29, 1.82) is 5.26 Å². The first kappa shape index (κ1) is 15.3. The van der Waals surface area contributed by atoms with Crippen LogP contribution in [0.4, 0.5) is 0 Å². The summed E-state index contributed by atoms with van der Waals surface area (Å²) in [6.45, 7) is 0. The third-order valence-corrected chi connectivity index (χ3v) is 3.14. The van der Waals surface area contributed by atoms with Crippen molar-refractivity contribution in [2.75, 3.05) is 0 Å². The van der Waals surface area contributed by atoms with Crippen LogP contribution in [0.1, 0.15) is 11.1 Å². The van der Waals surface area contributed by atoms with Gasteiger partial charge in [-0.3, -0.25) is 0 Å². The molecule has 0 atom stereocenters. The van der Waals surface area contributed by atoms with E-state index in [9.17, 15) is 4.79 Å². The number of carboxylic acids is 1. The van der Waals surface area contributed by atoms with E-state index < -0.39 is 5.97 Å². The minimum atomic E-state index is -0.948. The Labute approximate surface area is 129 Å². The molecule has 0 fully saturated rings. The van der Waals surface area contributed by atoms with Gasteiger partial charge in [0, 0.05) is 6.08 Å². The van der Waals surface area contributed by atoms with E-state index in [1.165, 1.54) is 6.08 Å². The summed E-state index contributed by atoms with van der Waals surface area (Å²) in [5.74, 6) is -0.948. The Bertz CT molecular complexity index is 732. The van der Waals surface area contributed by atoms with Crippen molar-refractivity contribution in [1.82, 2.24) is 0 Å². The molecule has 0 spiro atoms. The van der Waals surface area contributed by atoms with Crippen LogP contribution in [0.3, 0.4) is 0 Å². The first-order valence-electron chi connectivity index (χ1n) is 6.84. The van der Waals surface area contributed by atoms with Crippen LogP contribution < -0.4 is 0 Å². The lowest BCUT2D eigenvalue weighted by molar-refractivity contribution is -0.131. The van der Waals surface area contributed by atoms with Gasteiger partial charge in [0.2, 0.25) is 0 Å². The molecular weight excluding hydrogens is 274 g/mol. The minimum Gasteiger partial charge on any atom is -0.478 e.